The van der Waals surface area contributed by atoms with E-state index in [0.717, 1.165) is 18.9 Å². The first-order valence-corrected chi connectivity index (χ1v) is 9.49. The summed E-state index contributed by atoms with van der Waals surface area (Å²) < 4.78 is 5.19. The van der Waals surface area contributed by atoms with Crippen LogP contribution in [0.5, 0.6) is 0 Å². The number of aromatic nitrogens is 2. The Balaban J connectivity index is 1.33. The van der Waals surface area contributed by atoms with Crippen molar-refractivity contribution in [1.29, 1.82) is 0 Å². The summed E-state index contributed by atoms with van der Waals surface area (Å²) in [6, 6.07) is 3.39. The summed E-state index contributed by atoms with van der Waals surface area (Å²) in [4.78, 5) is 41.5. The van der Waals surface area contributed by atoms with Gasteiger partial charge in [0.05, 0.1) is 18.7 Å². The number of carbonyl (C=O) groups excluding carboxylic acids is 2. The number of hydrogen-bond donors (Lipinski definition) is 0. The van der Waals surface area contributed by atoms with Crippen LogP contribution < -0.4 is 4.90 Å². The molecule has 2 aliphatic rings. The molecule has 0 aliphatic carbocycles. The lowest BCUT2D eigenvalue weighted by atomic mass is 10.2. The molecule has 9 nitrogen and oxygen atoms in total. The third kappa shape index (κ3) is 3.84. The smallest absolute Gasteiger partial charge is 0.289 e. The SMILES string of the molecule is CN1CCN(C(=O)c2cnc(N3CCN(C(=O)c4ccco4)CC3)cn2)CC1. The molecule has 2 aliphatic heterocycles. The van der Waals surface area contributed by atoms with Crippen molar-refractivity contribution in [1.82, 2.24) is 24.7 Å². The van der Waals surface area contributed by atoms with E-state index in [-0.39, 0.29) is 11.8 Å². The van der Waals surface area contributed by atoms with Crippen LogP contribution in [0.15, 0.2) is 35.2 Å². The number of rotatable bonds is 3. The van der Waals surface area contributed by atoms with Gasteiger partial charge in [-0.2, -0.15) is 0 Å². The van der Waals surface area contributed by atoms with Gasteiger partial charge in [0.2, 0.25) is 0 Å². The number of likely N-dealkylation sites (N-methyl/N-ethyl adjacent to an activating group) is 1. The van der Waals surface area contributed by atoms with Crippen molar-refractivity contribution >= 4 is 17.6 Å². The summed E-state index contributed by atoms with van der Waals surface area (Å²) in [5.74, 6) is 0.921. The Bertz CT molecular complexity index is 807. The third-order valence-corrected chi connectivity index (χ3v) is 5.27. The van der Waals surface area contributed by atoms with Crippen LogP contribution in [0.3, 0.4) is 0 Å². The lowest BCUT2D eigenvalue weighted by Crippen LogP contribution is -2.49. The molecule has 0 N–H and O–H groups in total. The summed E-state index contributed by atoms with van der Waals surface area (Å²) in [7, 11) is 2.05. The second-order valence-electron chi connectivity index (χ2n) is 7.11. The van der Waals surface area contributed by atoms with Gasteiger partial charge in [-0.15, -0.1) is 0 Å². The number of amides is 2. The maximum Gasteiger partial charge on any atom is 0.289 e. The maximum absolute atomic E-state index is 12.6. The molecule has 148 valence electrons. The highest BCUT2D eigenvalue weighted by atomic mass is 16.3. The lowest BCUT2D eigenvalue weighted by molar-refractivity contribution is 0.0656. The highest BCUT2D eigenvalue weighted by Crippen LogP contribution is 2.15. The fourth-order valence-corrected chi connectivity index (χ4v) is 3.46. The minimum atomic E-state index is -0.0937. The average molecular weight is 384 g/mol. The molecule has 4 heterocycles. The monoisotopic (exact) mass is 384 g/mol. The largest absolute Gasteiger partial charge is 0.459 e. The Hall–Kier alpha value is -2.94. The molecule has 9 heteroatoms. The van der Waals surface area contributed by atoms with E-state index in [1.807, 2.05) is 4.90 Å². The summed E-state index contributed by atoms with van der Waals surface area (Å²) in [5.41, 5.74) is 0.375. The fourth-order valence-electron chi connectivity index (χ4n) is 3.46. The topological polar surface area (TPSA) is 86.0 Å². The van der Waals surface area contributed by atoms with Gasteiger partial charge in [0, 0.05) is 52.4 Å². The summed E-state index contributed by atoms with van der Waals surface area (Å²) >= 11 is 0. The number of nitrogens with zero attached hydrogens (tertiary/aromatic N) is 6. The molecular formula is C19H24N6O3. The van der Waals surface area contributed by atoms with E-state index in [4.69, 9.17) is 4.42 Å². The predicted molar refractivity (Wildman–Crippen MR) is 102 cm³/mol. The van der Waals surface area contributed by atoms with Gasteiger partial charge in [0.1, 0.15) is 11.5 Å². The van der Waals surface area contributed by atoms with Crippen molar-refractivity contribution in [2.45, 2.75) is 0 Å². The second-order valence-corrected chi connectivity index (χ2v) is 7.11. The van der Waals surface area contributed by atoms with Crippen molar-refractivity contribution in [3.8, 4) is 0 Å². The van der Waals surface area contributed by atoms with E-state index in [0.29, 0.717) is 50.7 Å². The molecule has 0 radical (unpaired) electrons. The fraction of sp³-hybridized carbons (Fsp3) is 0.474. The van der Waals surface area contributed by atoms with Crippen molar-refractivity contribution in [2.24, 2.45) is 0 Å². The molecule has 2 fully saturated rings. The molecule has 0 saturated carbocycles. The molecule has 0 aromatic carbocycles. The molecule has 2 amide bonds. The van der Waals surface area contributed by atoms with Crippen LogP contribution in [-0.4, -0.2) is 95.9 Å². The molecule has 0 bridgehead atoms. The molecule has 4 rings (SSSR count). The van der Waals surface area contributed by atoms with Crippen LogP contribution in [0, 0.1) is 0 Å². The molecule has 2 saturated heterocycles. The van der Waals surface area contributed by atoms with Crippen LogP contribution in [-0.2, 0) is 0 Å². The zero-order valence-corrected chi connectivity index (χ0v) is 16.0. The van der Waals surface area contributed by atoms with Gasteiger partial charge in [0.15, 0.2) is 5.76 Å². The highest BCUT2D eigenvalue weighted by Gasteiger charge is 2.25. The second kappa shape index (κ2) is 7.97. The molecule has 0 unspecified atom stereocenters. The number of anilines is 1. The summed E-state index contributed by atoms with van der Waals surface area (Å²) in [5, 5.41) is 0. The molecule has 28 heavy (non-hydrogen) atoms. The number of carbonyl (C=O) groups is 2. The van der Waals surface area contributed by atoms with E-state index < -0.39 is 0 Å². The lowest BCUT2D eigenvalue weighted by Gasteiger charge is -2.35. The Morgan fingerprint density at radius 3 is 2.18 bits per heavy atom. The van der Waals surface area contributed by atoms with Crippen LogP contribution in [0.4, 0.5) is 5.82 Å². The molecular weight excluding hydrogens is 360 g/mol. The van der Waals surface area contributed by atoms with E-state index in [1.165, 1.54) is 6.26 Å². The maximum atomic E-state index is 12.6. The first-order chi connectivity index (χ1) is 13.6. The van der Waals surface area contributed by atoms with Gasteiger partial charge in [-0.3, -0.25) is 9.59 Å². The Kier molecular flexibility index (Phi) is 5.25. The van der Waals surface area contributed by atoms with Crippen LogP contribution in [0.25, 0.3) is 0 Å². The van der Waals surface area contributed by atoms with Gasteiger partial charge in [-0.05, 0) is 19.2 Å². The Labute approximate surface area is 163 Å². The summed E-state index contributed by atoms with van der Waals surface area (Å²) in [6.07, 6.45) is 4.70. The van der Waals surface area contributed by atoms with Gasteiger partial charge in [-0.25, -0.2) is 9.97 Å². The molecule has 2 aromatic heterocycles. The van der Waals surface area contributed by atoms with Crippen molar-refractivity contribution in [3.05, 3.63) is 42.2 Å². The first-order valence-electron chi connectivity index (χ1n) is 9.49. The highest BCUT2D eigenvalue weighted by molar-refractivity contribution is 5.92. The minimum absolute atomic E-state index is 0.0685. The standard InChI is InChI=1S/C19H24N6O3/c1-22-4-6-24(7-5-22)18(26)15-13-21-17(14-20-15)23-8-10-25(11-9-23)19(27)16-3-2-12-28-16/h2-3,12-14H,4-11H2,1H3. The number of hydrogen-bond acceptors (Lipinski definition) is 7. The van der Waals surface area contributed by atoms with Crippen LogP contribution in [0.1, 0.15) is 21.0 Å². The van der Waals surface area contributed by atoms with Gasteiger partial charge < -0.3 is 24.0 Å². The van der Waals surface area contributed by atoms with Crippen molar-refractivity contribution in [3.63, 3.8) is 0 Å². The van der Waals surface area contributed by atoms with Crippen LogP contribution in [0.2, 0.25) is 0 Å². The predicted octanol–water partition coefficient (Wildman–Crippen LogP) is 0.420. The van der Waals surface area contributed by atoms with Gasteiger partial charge >= 0.3 is 0 Å². The Morgan fingerprint density at radius 1 is 0.893 bits per heavy atom. The molecule has 0 spiro atoms. The minimum Gasteiger partial charge on any atom is -0.459 e. The van der Waals surface area contributed by atoms with E-state index >= 15 is 0 Å². The first kappa shape index (κ1) is 18.4. The van der Waals surface area contributed by atoms with E-state index in [2.05, 4.69) is 26.8 Å². The quantitative estimate of drug-likeness (QED) is 0.758. The van der Waals surface area contributed by atoms with Crippen LogP contribution >= 0.6 is 0 Å². The molecule has 0 atom stereocenters. The molecule has 2 aromatic rings. The van der Waals surface area contributed by atoms with Crippen molar-refractivity contribution < 1.29 is 14.0 Å². The van der Waals surface area contributed by atoms with Gasteiger partial charge in [0.25, 0.3) is 11.8 Å². The van der Waals surface area contributed by atoms with Crippen molar-refractivity contribution in [2.75, 3.05) is 64.3 Å². The average Bonchev–Trinajstić information content (AvgIpc) is 3.28. The summed E-state index contributed by atoms with van der Waals surface area (Å²) in [6.45, 7) is 5.66. The zero-order chi connectivity index (χ0) is 19.5. The number of piperazine rings is 2. The van der Waals surface area contributed by atoms with E-state index in [1.54, 1.807) is 29.4 Å². The number of furan rings is 1. The van der Waals surface area contributed by atoms with E-state index in [9.17, 15) is 9.59 Å². The zero-order valence-electron chi connectivity index (χ0n) is 16.0. The normalized spacial score (nSPS) is 18.4. The Morgan fingerprint density at radius 2 is 1.57 bits per heavy atom. The third-order valence-electron chi connectivity index (χ3n) is 5.27. The van der Waals surface area contributed by atoms with Gasteiger partial charge in [-0.1, -0.05) is 0 Å².